The molecular formula is C24H28Cl2FN3O3S. The number of sulfonamides is 1. The van der Waals surface area contributed by atoms with E-state index in [1.807, 2.05) is 30.0 Å². The van der Waals surface area contributed by atoms with Crippen molar-refractivity contribution >= 4 is 44.8 Å². The van der Waals surface area contributed by atoms with E-state index >= 15 is 0 Å². The summed E-state index contributed by atoms with van der Waals surface area (Å²) in [6.07, 6.45) is 0.910. The van der Waals surface area contributed by atoms with E-state index < -0.39 is 21.6 Å². The number of piperidine rings is 1. The number of nitrogens with zero attached hydrogens (tertiary/aromatic N) is 3. The van der Waals surface area contributed by atoms with Crippen LogP contribution in [0.1, 0.15) is 24.0 Å². The van der Waals surface area contributed by atoms with Gasteiger partial charge in [-0.05, 0) is 49.6 Å². The van der Waals surface area contributed by atoms with Crippen LogP contribution in [0.25, 0.3) is 0 Å². The van der Waals surface area contributed by atoms with Gasteiger partial charge in [-0.2, -0.15) is 0 Å². The molecule has 2 aromatic rings. The summed E-state index contributed by atoms with van der Waals surface area (Å²) in [5.74, 6) is -1.24. The van der Waals surface area contributed by atoms with Gasteiger partial charge >= 0.3 is 0 Å². The van der Waals surface area contributed by atoms with Gasteiger partial charge < -0.3 is 9.80 Å². The summed E-state index contributed by atoms with van der Waals surface area (Å²) in [5, 5.41) is 0.791. The topological polar surface area (TPSA) is 60.9 Å². The van der Waals surface area contributed by atoms with Crippen molar-refractivity contribution in [2.45, 2.75) is 25.5 Å². The number of benzene rings is 2. The smallest absolute Gasteiger partial charge is 0.225 e. The van der Waals surface area contributed by atoms with Gasteiger partial charge in [0.1, 0.15) is 5.82 Å². The molecule has 0 aromatic heterocycles. The van der Waals surface area contributed by atoms with Crippen LogP contribution in [0.2, 0.25) is 10.0 Å². The monoisotopic (exact) mass is 527 g/mol. The van der Waals surface area contributed by atoms with E-state index in [1.165, 1.54) is 22.5 Å². The van der Waals surface area contributed by atoms with E-state index in [1.54, 1.807) is 0 Å². The van der Waals surface area contributed by atoms with Gasteiger partial charge in [-0.15, -0.1) is 0 Å². The molecule has 2 heterocycles. The highest BCUT2D eigenvalue weighted by molar-refractivity contribution is 7.88. The van der Waals surface area contributed by atoms with Gasteiger partial charge in [-0.3, -0.25) is 4.79 Å². The number of rotatable bonds is 5. The SMILES string of the molecule is Cc1ccc(Cl)cc1N1CCN(C(=O)C2CCN(S(=O)(=O)Cc3c(F)cccc3Cl)CC2)CC1. The van der Waals surface area contributed by atoms with Crippen molar-refractivity contribution in [2.75, 3.05) is 44.2 Å². The summed E-state index contributed by atoms with van der Waals surface area (Å²) in [4.78, 5) is 17.2. The maximum absolute atomic E-state index is 14.1. The molecule has 10 heteroatoms. The Labute approximate surface area is 210 Å². The minimum Gasteiger partial charge on any atom is -0.368 e. The molecule has 184 valence electrons. The van der Waals surface area contributed by atoms with E-state index in [0.29, 0.717) is 31.0 Å². The molecule has 2 aliphatic heterocycles. The average Bonchev–Trinajstić information content (AvgIpc) is 2.83. The number of aryl methyl sites for hydroxylation is 1. The molecule has 2 aliphatic rings. The Balaban J connectivity index is 1.31. The first-order valence-electron chi connectivity index (χ1n) is 11.4. The predicted molar refractivity (Wildman–Crippen MR) is 133 cm³/mol. The lowest BCUT2D eigenvalue weighted by Gasteiger charge is -2.39. The summed E-state index contributed by atoms with van der Waals surface area (Å²) in [6, 6.07) is 9.96. The van der Waals surface area contributed by atoms with Gasteiger partial charge in [0.2, 0.25) is 15.9 Å². The highest BCUT2D eigenvalue weighted by atomic mass is 35.5. The molecule has 0 radical (unpaired) electrons. The zero-order valence-corrected chi connectivity index (χ0v) is 21.3. The summed E-state index contributed by atoms with van der Waals surface area (Å²) in [6.45, 7) is 5.22. The number of carbonyl (C=O) groups excluding carboxylic acids is 1. The Bertz CT molecular complexity index is 1140. The van der Waals surface area contributed by atoms with Gasteiger partial charge in [-0.25, -0.2) is 17.1 Å². The third-order valence-corrected chi connectivity index (χ3v) is 9.08. The van der Waals surface area contributed by atoms with Crippen LogP contribution >= 0.6 is 23.2 Å². The molecule has 0 bridgehead atoms. The van der Waals surface area contributed by atoms with E-state index in [2.05, 4.69) is 4.90 Å². The molecule has 2 saturated heterocycles. The molecule has 0 unspecified atom stereocenters. The predicted octanol–water partition coefficient (Wildman–Crippen LogP) is 4.33. The fourth-order valence-electron chi connectivity index (χ4n) is 4.67. The maximum atomic E-state index is 14.1. The summed E-state index contributed by atoms with van der Waals surface area (Å²) < 4.78 is 41.1. The molecule has 34 heavy (non-hydrogen) atoms. The fourth-order valence-corrected chi connectivity index (χ4v) is 6.76. The largest absolute Gasteiger partial charge is 0.368 e. The molecule has 0 aliphatic carbocycles. The van der Waals surface area contributed by atoms with Crippen LogP contribution in [0.5, 0.6) is 0 Å². The van der Waals surface area contributed by atoms with Gasteiger partial charge in [0, 0.05) is 66.5 Å². The van der Waals surface area contributed by atoms with Gasteiger partial charge in [0.25, 0.3) is 0 Å². The normalized spacial score (nSPS) is 18.4. The standard InChI is InChI=1S/C24H28Cl2FN3O3S/c1-17-5-6-19(25)15-23(17)28-11-13-29(14-12-28)24(31)18-7-9-30(10-8-18)34(32,33)16-20-21(26)3-2-4-22(20)27/h2-6,15,18H,7-14,16H2,1H3. The summed E-state index contributed by atoms with van der Waals surface area (Å²) in [7, 11) is -3.73. The zero-order valence-electron chi connectivity index (χ0n) is 19.0. The van der Waals surface area contributed by atoms with Crippen molar-refractivity contribution < 1.29 is 17.6 Å². The van der Waals surface area contributed by atoms with Crippen molar-refractivity contribution in [2.24, 2.45) is 5.92 Å². The van der Waals surface area contributed by atoms with Crippen LogP contribution in [-0.2, 0) is 20.6 Å². The van der Waals surface area contributed by atoms with E-state index in [-0.39, 0.29) is 35.5 Å². The minimum absolute atomic E-state index is 0.0184. The molecule has 0 spiro atoms. The number of hydrogen-bond acceptors (Lipinski definition) is 4. The Hall–Kier alpha value is -1.87. The summed E-state index contributed by atoms with van der Waals surface area (Å²) >= 11 is 12.2. The van der Waals surface area contributed by atoms with Gasteiger partial charge in [-0.1, -0.05) is 35.3 Å². The van der Waals surface area contributed by atoms with E-state index in [4.69, 9.17) is 23.2 Å². The molecule has 6 nitrogen and oxygen atoms in total. The second-order valence-electron chi connectivity index (χ2n) is 8.87. The molecule has 0 atom stereocenters. The highest BCUT2D eigenvalue weighted by Crippen LogP contribution is 2.28. The van der Waals surface area contributed by atoms with Crippen molar-refractivity contribution in [1.82, 2.24) is 9.21 Å². The van der Waals surface area contributed by atoms with Crippen molar-refractivity contribution in [3.05, 3.63) is 63.4 Å². The van der Waals surface area contributed by atoms with Crippen LogP contribution in [0.15, 0.2) is 36.4 Å². The quantitative estimate of drug-likeness (QED) is 0.580. The lowest BCUT2D eigenvalue weighted by atomic mass is 9.96. The number of halogens is 3. The van der Waals surface area contributed by atoms with Gasteiger partial charge in [0.05, 0.1) is 5.75 Å². The number of anilines is 1. The van der Waals surface area contributed by atoms with Crippen LogP contribution < -0.4 is 4.90 Å². The van der Waals surface area contributed by atoms with Crippen LogP contribution in [0, 0.1) is 18.7 Å². The van der Waals surface area contributed by atoms with Crippen molar-refractivity contribution in [3.63, 3.8) is 0 Å². The fraction of sp³-hybridized carbons (Fsp3) is 0.458. The Morgan fingerprint density at radius 1 is 1.03 bits per heavy atom. The first kappa shape index (κ1) is 25.2. The molecular weight excluding hydrogens is 500 g/mol. The first-order chi connectivity index (χ1) is 16.2. The lowest BCUT2D eigenvalue weighted by molar-refractivity contribution is -0.137. The number of hydrogen-bond donors (Lipinski definition) is 0. The average molecular weight is 528 g/mol. The minimum atomic E-state index is -3.73. The third-order valence-electron chi connectivity index (χ3n) is 6.69. The maximum Gasteiger partial charge on any atom is 0.225 e. The highest BCUT2D eigenvalue weighted by Gasteiger charge is 2.34. The molecule has 0 saturated carbocycles. The number of piperazine rings is 1. The molecule has 1 amide bonds. The molecule has 2 aromatic carbocycles. The number of amides is 1. The second-order valence-corrected chi connectivity index (χ2v) is 11.7. The van der Waals surface area contributed by atoms with Gasteiger partial charge in [0.15, 0.2) is 0 Å². The van der Waals surface area contributed by atoms with Crippen LogP contribution in [0.4, 0.5) is 10.1 Å². The summed E-state index contributed by atoms with van der Waals surface area (Å²) in [5.41, 5.74) is 2.22. The Morgan fingerprint density at radius 2 is 1.71 bits per heavy atom. The van der Waals surface area contributed by atoms with Crippen LogP contribution in [0.3, 0.4) is 0 Å². The Kier molecular flexibility index (Phi) is 7.72. The van der Waals surface area contributed by atoms with E-state index in [9.17, 15) is 17.6 Å². The molecule has 4 rings (SSSR count). The molecule has 2 fully saturated rings. The lowest BCUT2D eigenvalue weighted by Crippen LogP contribution is -2.52. The van der Waals surface area contributed by atoms with Crippen LogP contribution in [-0.4, -0.2) is 62.8 Å². The number of carbonyl (C=O) groups is 1. The second kappa shape index (κ2) is 10.4. The van der Waals surface area contributed by atoms with E-state index in [0.717, 1.165) is 24.3 Å². The third kappa shape index (κ3) is 5.51. The first-order valence-corrected chi connectivity index (χ1v) is 13.7. The zero-order chi connectivity index (χ0) is 24.5. The van der Waals surface area contributed by atoms with Crippen molar-refractivity contribution in [3.8, 4) is 0 Å². The van der Waals surface area contributed by atoms with Crippen molar-refractivity contribution in [1.29, 1.82) is 0 Å². The Morgan fingerprint density at radius 3 is 2.35 bits per heavy atom. The molecule has 0 N–H and O–H groups in total.